The lowest BCUT2D eigenvalue weighted by atomic mass is 10.2. The standard InChI is InChI=1S/C21H28N2O2/c1-3-5-6-7-17-25-21-14-10-19(11-15-21)23-22-18-8-12-20(13-9-18)24-16-4-2/h8-15H,3-7,16-17H2,1-2H3. The highest BCUT2D eigenvalue weighted by Gasteiger charge is 1.97. The van der Waals surface area contributed by atoms with Gasteiger partial charge in [-0.3, -0.25) is 0 Å². The second-order valence-electron chi connectivity index (χ2n) is 5.95. The van der Waals surface area contributed by atoms with E-state index in [-0.39, 0.29) is 0 Å². The third kappa shape index (κ3) is 7.38. The molecule has 0 bridgehead atoms. The van der Waals surface area contributed by atoms with Crippen LogP contribution >= 0.6 is 0 Å². The zero-order valence-electron chi connectivity index (χ0n) is 15.3. The fraction of sp³-hybridized carbons (Fsp3) is 0.429. The Kier molecular flexibility index (Phi) is 8.53. The van der Waals surface area contributed by atoms with Gasteiger partial charge < -0.3 is 9.47 Å². The quantitative estimate of drug-likeness (QED) is 0.331. The molecule has 0 aliphatic carbocycles. The Morgan fingerprint density at radius 2 is 1.12 bits per heavy atom. The van der Waals surface area contributed by atoms with Crippen molar-refractivity contribution in [2.24, 2.45) is 10.2 Å². The number of hydrogen-bond acceptors (Lipinski definition) is 4. The number of rotatable bonds is 11. The number of azo groups is 1. The molecule has 2 aromatic carbocycles. The smallest absolute Gasteiger partial charge is 0.119 e. The Bertz CT molecular complexity index is 621. The van der Waals surface area contributed by atoms with Crippen molar-refractivity contribution in [1.82, 2.24) is 0 Å². The van der Waals surface area contributed by atoms with Gasteiger partial charge in [0.2, 0.25) is 0 Å². The average molecular weight is 340 g/mol. The molecule has 0 atom stereocenters. The highest BCUT2D eigenvalue weighted by molar-refractivity contribution is 5.44. The highest BCUT2D eigenvalue weighted by Crippen LogP contribution is 2.23. The second-order valence-corrected chi connectivity index (χ2v) is 5.95. The number of nitrogens with zero attached hydrogens (tertiary/aromatic N) is 2. The van der Waals surface area contributed by atoms with Crippen molar-refractivity contribution in [3.05, 3.63) is 48.5 Å². The zero-order valence-corrected chi connectivity index (χ0v) is 15.3. The lowest BCUT2D eigenvalue weighted by molar-refractivity contribution is 0.305. The van der Waals surface area contributed by atoms with E-state index >= 15 is 0 Å². The molecule has 0 aromatic heterocycles. The first-order chi connectivity index (χ1) is 12.3. The van der Waals surface area contributed by atoms with Gasteiger partial charge in [-0.2, -0.15) is 10.2 Å². The monoisotopic (exact) mass is 340 g/mol. The Labute approximate surface area is 150 Å². The predicted octanol–water partition coefficient (Wildman–Crippen LogP) is 6.85. The van der Waals surface area contributed by atoms with E-state index in [4.69, 9.17) is 9.47 Å². The van der Waals surface area contributed by atoms with E-state index in [2.05, 4.69) is 24.1 Å². The van der Waals surface area contributed by atoms with Crippen LogP contribution in [-0.2, 0) is 0 Å². The molecule has 4 nitrogen and oxygen atoms in total. The summed E-state index contributed by atoms with van der Waals surface area (Å²) in [6.45, 7) is 5.80. The summed E-state index contributed by atoms with van der Waals surface area (Å²) >= 11 is 0. The van der Waals surface area contributed by atoms with E-state index in [9.17, 15) is 0 Å². The predicted molar refractivity (Wildman–Crippen MR) is 102 cm³/mol. The van der Waals surface area contributed by atoms with Crippen LogP contribution in [0.3, 0.4) is 0 Å². The molecule has 0 heterocycles. The van der Waals surface area contributed by atoms with Crippen LogP contribution in [0.1, 0.15) is 46.0 Å². The van der Waals surface area contributed by atoms with Gasteiger partial charge in [0.15, 0.2) is 0 Å². The Morgan fingerprint density at radius 3 is 1.60 bits per heavy atom. The van der Waals surface area contributed by atoms with Gasteiger partial charge in [0.05, 0.1) is 24.6 Å². The van der Waals surface area contributed by atoms with Crippen LogP contribution in [0, 0.1) is 0 Å². The lowest BCUT2D eigenvalue weighted by Crippen LogP contribution is -1.96. The van der Waals surface area contributed by atoms with Crippen molar-refractivity contribution in [3.8, 4) is 11.5 Å². The first-order valence-electron chi connectivity index (χ1n) is 9.19. The Morgan fingerprint density at radius 1 is 0.600 bits per heavy atom. The summed E-state index contributed by atoms with van der Waals surface area (Å²) in [7, 11) is 0. The maximum Gasteiger partial charge on any atom is 0.119 e. The zero-order chi connectivity index (χ0) is 17.7. The molecule has 2 rings (SSSR count). The highest BCUT2D eigenvalue weighted by atomic mass is 16.5. The van der Waals surface area contributed by atoms with Gasteiger partial charge in [0.25, 0.3) is 0 Å². The first-order valence-corrected chi connectivity index (χ1v) is 9.19. The third-order valence-corrected chi connectivity index (χ3v) is 3.69. The van der Waals surface area contributed by atoms with Gasteiger partial charge in [-0.25, -0.2) is 0 Å². The molecule has 0 unspecified atom stereocenters. The summed E-state index contributed by atoms with van der Waals surface area (Å²) in [5.41, 5.74) is 1.62. The van der Waals surface area contributed by atoms with Crippen molar-refractivity contribution in [2.45, 2.75) is 46.0 Å². The molecule has 0 aliphatic rings. The topological polar surface area (TPSA) is 43.2 Å². The molecule has 0 radical (unpaired) electrons. The number of ether oxygens (including phenoxy) is 2. The van der Waals surface area contributed by atoms with E-state index in [1.165, 1.54) is 19.3 Å². The van der Waals surface area contributed by atoms with Crippen LogP contribution < -0.4 is 9.47 Å². The van der Waals surface area contributed by atoms with Gasteiger partial charge in [-0.05, 0) is 61.4 Å². The van der Waals surface area contributed by atoms with Crippen molar-refractivity contribution >= 4 is 11.4 Å². The molecule has 0 amide bonds. The van der Waals surface area contributed by atoms with E-state index in [1.54, 1.807) is 0 Å². The van der Waals surface area contributed by atoms with Crippen molar-refractivity contribution < 1.29 is 9.47 Å². The normalized spacial score (nSPS) is 11.0. The minimum atomic E-state index is 0.730. The van der Waals surface area contributed by atoms with Crippen molar-refractivity contribution in [3.63, 3.8) is 0 Å². The summed E-state index contributed by atoms with van der Waals surface area (Å²) in [6.07, 6.45) is 5.85. The largest absolute Gasteiger partial charge is 0.494 e. The minimum Gasteiger partial charge on any atom is -0.494 e. The fourth-order valence-corrected chi connectivity index (χ4v) is 2.27. The second kappa shape index (κ2) is 11.2. The van der Waals surface area contributed by atoms with Crippen LogP contribution in [0.2, 0.25) is 0 Å². The van der Waals surface area contributed by atoms with Crippen molar-refractivity contribution in [1.29, 1.82) is 0 Å². The number of unbranched alkanes of at least 4 members (excludes halogenated alkanes) is 3. The SMILES string of the molecule is CCCCCCOc1ccc(N=Nc2ccc(OCCC)cc2)cc1. The summed E-state index contributed by atoms with van der Waals surface area (Å²) in [5, 5.41) is 8.51. The van der Waals surface area contributed by atoms with Gasteiger partial charge in [0.1, 0.15) is 11.5 Å². The Hall–Kier alpha value is -2.36. The fourth-order valence-electron chi connectivity index (χ4n) is 2.27. The molecule has 0 fully saturated rings. The molecule has 4 heteroatoms. The van der Waals surface area contributed by atoms with Crippen LogP contribution in [0.15, 0.2) is 58.8 Å². The molecule has 0 saturated heterocycles. The molecule has 0 saturated carbocycles. The van der Waals surface area contributed by atoms with E-state index in [0.29, 0.717) is 0 Å². The number of hydrogen-bond donors (Lipinski definition) is 0. The summed E-state index contributed by atoms with van der Waals surface area (Å²) in [5.74, 6) is 1.74. The van der Waals surface area contributed by atoms with Gasteiger partial charge in [-0.15, -0.1) is 0 Å². The summed E-state index contributed by atoms with van der Waals surface area (Å²) in [4.78, 5) is 0. The molecule has 134 valence electrons. The van der Waals surface area contributed by atoms with Crippen LogP contribution in [0.4, 0.5) is 11.4 Å². The van der Waals surface area contributed by atoms with Crippen molar-refractivity contribution in [2.75, 3.05) is 13.2 Å². The maximum absolute atomic E-state index is 5.73. The molecule has 0 aliphatic heterocycles. The van der Waals surface area contributed by atoms with Crippen LogP contribution in [0.25, 0.3) is 0 Å². The van der Waals surface area contributed by atoms with E-state index in [1.807, 2.05) is 48.5 Å². The third-order valence-electron chi connectivity index (χ3n) is 3.69. The van der Waals surface area contributed by atoms with Gasteiger partial charge >= 0.3 is 0 Å². The number of benzene rings is 2. The lowest BCUT2D eigenvalue weighted by Gasteiger charge is -2.05. The molecular weight excluding hydrogens is 312 g/mol. The minimum absolute atomic E-state index is 0.730. The Balaban J connectivity index is 1.80. The van der Waals surface area contributed by atoms with E-state index < -0.39 is 0 Å². The van der Waals surface area contributed by atoms with Gasteiger partial charge in [-0.1, -0.05) is 33.1 Å². The van der Waals surface area contributed by atoms with E-state index in [0.717, 1.165) is 48.9 Å². The maximum atomic E-state index is 5.73. The first kappa shape index (κ1) is 19.0. The molecule has 0 N–H and O–H groups in total. The molecule has 0 spiro atoms. The summed E-state index contributed by atoms with van der Waals surface area (Å²) in [6, 6.07) is 15.4. The average Bonchev–Trinajstić information content (AvgIpc) is 2.66. The van der Waals surface area contributed by atoms with Crippen LogP contribution in [-0.4, -0.2) is 13.2 Å². The summed E-state index contributed by atoms with van der Waals surface area (Å²) < 4.78 is 11.3. The molecular formula is C21H28N2O2. The molecule has 25 heavy (non-hydrogen) atoms. The van der Waals surface area contributed by atoms with Crippen LogP contribution in [0.5, 0.6) is 11.5 Å². The van der Waals surface area contributed by atoms with Gasteiger partial charge in [0, 0.05) is 0 Å². The molecule has 2 aromatic rings.